The molecule has 1 aliphatic rings. The van der Waals surface area contributed by atoms with Crippen LogP contribution >= 0.6 is 11.8 Å². The number of para-hydroxylation sites is 1. The summed E-state index contributed by atoms with van der Waals surface area (Å²) >= 11 is 1.47. The average molecular weight is 402 g/mol. The minimum atomic E-state index is -0.351. The van der Waals surface area contributed by atoms with Crippen LogP contribution in [0.5, 0.6) is 0 Å². The fraction of sp³-hybridized carbons (Fsp3) is 0.316. The van der Waals surface area contributed by atoms with Gasteiger partial charge in [-0.05, 0) is 24.3 Å². The first kappa shape index (κ1) is 19.8. The third kappa shape index (κ3) is 5.07. The number of nitrogens with zero attached hydrogens (tertiary/aromatic N) is 2. The second-order valence-electron chi connectivity index (χ2n) is 6.25. The maximum Gasteiger partial charge on any atom is 0.321 e. The molecule has 0 saturated carbocycles. The Labute approximate surface area is 167 Å². The summed E-state index contributed by atoms with van der Waals surface area (Å²) in [5.41, 5.74) is 5.86. The molecule has 28 heavy (non-hydrogen) atoms. The molecule has 3 rings (SSSR count). The highest BCUT2D eigenvalue weighted by atomic mass is 32.2. The predicted molar refractivity (Wildman–Crippen MR) is 106 cm³/mol. The number of benzene rings is 1. The van der Waals surface area contributed by atoms with E-state index in [2.05, 4.69) is 5.32 Å². The van der Waals surface area contributed by atoms with Gasteiger partial charge in [0.2, 0.25) is 5.91 Å². The fourth-order valence-corrected chi connectivity index (χ4v) is 3.79. The van der Waals surface area contributed by atoms with E-state index >= 15 is 0 Å². The van der Waals surface area contributed by atoms with Crippen molar-refractivity contribution in [3.8, 4) is 0 Å². The summed E-state index contributed by atoms with van der Waals surface area (Å²) in [5, 5.41) is 2.92. The zero-order valence-corrected chi connectivity index (χ0v) is 16.1. The van der Waals surface area contributed by atoms with Crippen LogP contribution in [0, 0.1) is 0 Å². The van der Waals surface area contributed by atoms with Crippen LogP contribution in [0.1, 0.15) is 17.0 Å². The summed E-state index contributed by atoms with van der Waals surface area (Å²) in [4.78, 5) is 40.1. The zero-order chi connectivity index (χ0) is 19.9. The second kappa shape index (κ2) is 9.32. The van der Waals surface area contributed by atoms with Crippen molar-refractivity contribution >= 4 is 35.3 Å². The van der Waals surface area contributed by atoms with E-state index in [-0.39, 0.29) is 24.3 Å². The molecule has 0 unspecified atom stereocenters. The van der Waals surface area contributed by atoms with Gasteiger partial charge >= 0.3 is 6.03 Å². The molecule has 1 aliphatic heterocycles. The summed E-state index contributed by atoms with van der Waals surface area (Å²) in [6.07, 6.45) is 1.74. The maximum absolute atomic E-state index is 12.6. The van der Waals surface area contributed by atoms with Crippen LogP contribution in [0.2, 0.25) is 0 Å². The Morgan fingerprint density at radius 2 is 1.75 bits per heavy atom. The van der Waals surface area contributed by atoms with Gasteiger partial charge in [-0.2, -0.15) is 0 Å². The van der Waals surface area contributed by atoms with Gasteiger partial charge in [0, 0.05) is 43.2 Å². The monoisotopic (exact) mass is 402 g/mol. The number of hydrogen-bond donors (Lipinski definition) is 2. The van der Waals surface area contributed by atoms with E-state index in [9.17, 15) is 14.4 Å². The molecule has 1 saturated heterocycles. The van der Waals surface area contributed by atoms with E-state index in [1.165, 1.54) is 18.0 Å². The molecule has 2 heterocycles. The van der Waals surface area contributed by atoms with Gasteiger partial charge in [0.05, 0.1) is 12.0 Å². The molecular weight excluding hydrogens is 380 g/mol. The number of hydrogen-bond acceptors (Lipinski definition) is 5. The van der Waals surface area contributed by atoms with Crippen molar-refractivity contribution in [3.63, 3.8) is 0 Å². The van der Waals surface area contributed by atoms with Crippen molar-refractivity contribution in [2.75, 3.05) is 37.2 Å². The van der Waals surface area contributed by atoms with E-state index in [0.717, 1.165) is 4.90 Å². The number of carbonyl (C=O) groups excluding carboxylic acids is 3. The Morgan fingerprint density at radius 1 is 1.04 bits per heavy atom. The normalized spacial score (nSPS) is 14.0. The number of thioether (sulfide) groups is 1. The molecule has 9 heteroatoms. The molecule has 3 N–H and O–H groups in total. The van der Waals surface area contributed by atoms with Crippen LogP contribution in [0.15, 0.2) is 52.0 Å². The number of carbonyl (C=O) groups is 3. The topological polar surface area (TPSA) is 109 Å². The van der Waals surface area contributed by atoms with Gasteiger partial charge in [-0.25, -0.2) is 4.79 Å². The van der Waals surface area contributed by atoms with Gasteiger partial charge in [0.1, 0.15) is 0 Å². The van der Waals surface area contributed by atoms with Crippen LogP contribution in [-0.4, -0.2) is 59.6 Å². The van der Waals surface area contributed by atoms with Crippen LogP contribution < -0.4 is 11.1 Å². The molecule has 0 radical (unpaired) electrons. The highest BCUT2D eigenvalue weighted by Gasteiger charge is 2.26. The van der Waals surface area contributed by atoms with Gasteiger partial charge in [0.25, 0.3) is 5.91 Å². The average Bonchev–Trinajstić information content (AvgIpc) is 3.23. The number of amides is 4. The molecule has 0 atom stereocenters. The Hall–Kier alpha value is -2.94. The van der Waals surface area contributed by atoms with E-state index < -0.39 is 0 Å². The quantitative estimate of drug-likeness (QED) is 0.720. The van der Waals surface area contributed by atoms with Crippen molar-refractivity contribution in [2.24, 2.45) is 5.73 Å². The molecule has 1 aromatic carbocycles. The van der Waals surface area contributed by atoms with Gasteiger partial charge in [-0.1, -0.05) is 12.1 Å². The molecule has 0 aliphatic carbocycles. The van der Waals surface area contributed by atoms with E-state index in [1.54, 1.807) is 21.9 Å². The fourth-order valence-electron chi connectivity index (χ4n) is 2.82. The predicted octanol–water partition coefficient (Wildman–Crippen LogP) is 2.24. The van der Waals surface area contributed by atoms with Crippen LogP contribution in [0.4, 0.5) is 10.5 Å². The molecule has 2 aromatic rings. The summed E-state index contributed by atoms with van der Waals surface area (Å²) in [6, 6.07) is 10.5. The summed E-state index contributed by atoms with van der Waals surface area (Å²) in [6.45, 7) is 1.77. The van der Waals surface area contributed by atoms with Gasteiger partial charge in [-0.15, -0.1) is 11.8 Å². The first-order valence-corrected chi connectivity index (χ1v) is 9.92. The lowest BCUT2D eigenvalue weighted by Crippen LogP contribution is -2.51. The zero-order valence-electron chi connectivity index (χ0n) is 15.3. The molecule has 0 spiro atoms. The van der Waals surface area contributed by atoms with Gasteiger partial charge in [0.15, 0.2) is 5.76 Å². The Bertz CT molecular complexity index is 832. The number of nitrogens with one attached hydrogen (secondary N) is 1. The molecule has 148 valence electrons. The number of piperazine rings is 1. The minimum absolute atomic E-state index is 0.166. The molecule has 0 bridgehead atoms. The molecule has 1 aromatic heterocycles. The van der Waals surface area contributed by atoms with Crippen molar-refractivity contribution in [1.29, 1.82) is 0 Å². The standard InChI is InChI=1S/C19H22N4O4S/c20-17(24)7-13-28-16-6-2-1-4-14(16)21-19(26)23-10-8-22(9-11-23)18(25)15-5-3-12-27-15/h1-6,12H,7-11,13H2,(H2,20,24)(H,21,26). The summed E-state index contributed by atoms with van der Waals surface area (Å²) in [7, 11) is 0. The number of primary amides is 1. The molecule has 4 amide bonds. The number of anilines is 1. The first-order valence-electron chi connectivity index (χ1n) is 8.93. The van der Waals surface area contributed by atoms with Crippen molar-refractivity contribution in [3.05, 3.63) is 48.4 Å². The van der Waals surface area contributed by atoms with Gasteiger partial charge < -0.3 is 25.3 Å². The smallest absolute Gasteiger partial charge is 0.321 e. The van der Waals surface area contributed by atoms with Crippen LogP contribution in [-0.2, 0) is 4.79 Å². The second-order valence-corrected chi connectivity index (χ2v) is 7.38. The third-order valence-electron chi connectivity index (χ3n) is 4.32. The highest BCUT2D eigenvalue weighted by Crippen LogP contribution is 2.27. The molecule has 8 nitrogen and oxygen atoms in total. The third-order valence-corrected chi connectivity index (χ3v) is 5.40. The lowest BCUT2D eigenvalue weighted by molar-refractivity contribution is -0.117. The van der Waals surface area contributed by atoms with Crippen molar-refractivity contribution in [1.82, 2.24) is 9.80 Å². The van der Waals surface area contributed by atoms with Gasteiger partial charge in [-0.3, -0.25) is 9.59 Å². The van der Waals surface area contributed by atoms with E-state index in [1.807, 2.05) is 24.3 Å². The lowest BCUT2D eigenvalue weighted by Gasteiger charge is -2.34. The highest BCUT2D eigenvalue weighted by molar-refractivity contribution is 7.99. The number of rotatable bonds is 6. The maximum atomic E-state index is 12.6. The Balaban J connectivity index is 1.53. The number of furan rings is 1. The number of urea groups is 1. The number of nitrogens with two attached hydrogens (primary N) is 1. The van der Waals surface area contributed by atoms with Crippen LogP contribution in [0.3, 0.4) is 0 Å². The lowest BCUT2D eigenvalue weighted by atomic mass is 10.3. The Kier molecular flexibility index (Phi) is 6.59. The summed E-state index contributed by atoms with van der Waals surface area (Å²) in [5.74, 6) is 0.340. The van der Waals surface area contributed by atoms with Crippen LogP contribution in [0.25, 0.3) is 0 Å². The first-order chi connectivity index (χ1) is 13.5. The summed E-state index contributed by atoms with van der Waals surface area (Å²) < 4.78 is 5.15. The Morgan fingerprint density at radius 3 is 2.43 bits per heavy atom. The SMILES string of the molecule is NC(=O)CCSc1ccccc1NC(=O)N1CCN(C(=O)c2ccco2)CC1. The van der Waals surface area contributed by atoms with Crippen molar-refractivity contribution < 1.29 is 18.8 Å². The largest absolute Gasteiger partial charge is 0.459 e. The molecule has 1 fully saturated rings. The molecular formula is C19H22N4O4S. The van der Waals surface area contributed by atoms with E-state index in [4.69, 9.17) is 10.2 Å². The van der Waals surface area contributed by atoms with Crippen molar-refractivity contribution in [2.45, 2.75) is 11.3 Å². The minimum Gasteiger partial charge on any atom is -0.459 e. The van der Waals surface area contributed by atoms with E-state index in [0.29, 0.717) is 43.4 Å².